The first-order chi connectivity index (χ1) is 10.8. The molecular formula is C16H19ClN4O2. The Hall–Kier alpha value is -2.05. The van der Waals surface area contributed by atoms with Crippen LogP contribution in [0.25, 0.3) is 16.6 Å². The first-order valence-electron chi connectivity index (χ1n) is 7.57. The van der Waals surface area contributed by atoms with Crippen molar-refractivity contribution in [1.29, 1.82) is 0 Å². The van der Waals surface area contributed by atoms with Gasteiger partial charge in [0, 0.05) is 12.0 Å². The molecule has 7 heteroatoms. The average Bonchev–Trinajstić information content (AvgIpc) is 2.93. The zero-order valence-corrected chi connectivity index (χ0v) is 13.7. The Morgan fingerprint density at radius 3 is 2.83 bits per heavy atom. The van der Waals surface area contributed by atoms with Crippen molar-refractivity contribution < 1.29 is 4.74 Å². The van der Waals surface area contributed by atoms with Crippen LogP contribution in [-0.2, 0) is 0 Å². The third-order valence-electron chi connectivity index (χ3n) is 4.40. The van der Waals surface area contributed by atoms with Gasteiger partial charge >= 0.3 is 0 Å². The number of hydrogen-bond acceptors (Lipinski definition) is 4. The molecule has 0 amide bonds. The number of ether oxygens (including phenoxy) is 1. The number of benzene rings is 1. The van der Waals surface area contributed by atoms with Crippen molar-refractivity contribution in [3.05, 3.63) is 40.3 Å². The maximum atomic E-state index is 12.1. The number of nitrogens with one attached hydrogen (secondary N) is 2. The van der Waals surface area contributed by atoms with Gasteiger partial charge in [-0.05, 0) is 38.1 Å². The third kappa shape index (κ3) is 2.58. The fourth-order valence-corrected chi connectivity index (χ4v) is 3.33. The van der Waals surface area contributed by atoms with E-state index in [0.717, 1.165) is 48.3 Å². The van der Waals surface area contributed by atoms with Crippen molar-refractivity contribution in [2.75, 3.05) is 20.2 Å². The highest BCUT2D eigenvalue weighted by atomic mass is 35.5. The van der Waals surface area contributed by atoms with E-state index in [1.165, 1.54) is 0 Å². The van der Waals surface area contributed by atoms with Crippen molar-refractivity contribution in [2.24, 2.45) is 0 Å². The SMILES string of the molecule is COc1cccc2nn3c(C4CCNCC4)cc(=O)[nH]c3c12.Cl. The number of methoxy groups -OCH3 is 1. The molecule has 0 radical (unpaired) electrons. The molecule has 4 rings (SSSR count). The number of H-pyrrole nitrogens is 1. The Morgan fingerprint density at radius 2 is 2.09 bits per heavy atom. The minimum Gasteiger partial charge on any atom is -0.496 e. The van der Waals surface area contributed by atoms with Crippen LogP contribution in [0.3, 0.4) is 0 Å². The maximum absolute atomic E-state index is 12.1. The van der Waals surface area contributed by atoms with E-state index in [0.29, 0.717) is 11.6 Å². The smallest absolute Gasteiger partial charge is 0.251 e. The van der Waals surface area contributed by atoms with E-state index in [2.05, 4.69) is 15.4 Å². The highest BCUT2D eigenvalue weighted by Gasteiger charge is 2.21. The van der Waals surface area contributed by atoms with Gasteiger partial charge < -0.3 is 15.0 Å². The van der Waals surface area contributed by atoms with Gasteiger partial charge in [0.1, 0.15) is 11.4 Å². The first-order valence-corrected chi connectivity index (χ1v) is 7.57. The summed E-state index contributed by atoms with van der Waals surface area (Å²) in [4.78, 5) is 15.1. The molecule has 3 aromatic rings. The molecule has 1 fully saturated rings. The molecule has 0 saturated carbocycles. The summed E-state index contributed by atoms with van der Waals surface area (Å²) in [5.41, 5.74) is 2.44. The summed E-state index contributed by atoms with van der Waals surface area (Å²) < 4.78 is 7.31. The molecule has 1 aromatic carbocycles. The number of nitrogens with zero attached hydrogens (tertiary/aromatic N) is 2. The van der Waals surface area contributed by atoms with E-state index in [-0.39, 0.29) is 18.0 Å². The summed E-state index contributed by atoms with van der Waals surface area (Å²) in [6.45, 7) is 1.95. The molecular weight excluding hydrogens is 316 g/mol. The van der Waals surface area contributed by atoms with Gasteiger partial charge in [-0.15, -0.1) is 12.4 Å². The molecule has 1 aliphatic rings. The van der Waals surface area contributed by atoms with Crippen LogP contribution in [0.5, 0.6) is 5.75 Å². The number of aromatic nitrogens is 3. The van der Waals surface area contributed by atoms with E-state index in [9.17, 15) is 4.79 Å². The largest absolute Gasteiger partial charge is 0.496 e. The van der Waals surface area contributed by atoms with Crippen LogP contribution in [0.2, 0.25) is 0 Å². The second-order valence-electron chi connectivity index (χ2n) is 5.70. The highest BCUT2D eigenvalue weighted by molar-refractivity contribution is 5.97. The molecule has 2 aromatic heterocycles. The van der Waals surface area contributed by atoms with Gasteiger partial charge in [-0.3, -0.25) is 4.79 Å². The van der Waals surface area contributed by atoms with Crippen LogP contribution in [0.1, 0.15) is 24.5 Å². The zero-order chi connectivity index (χ0) is 15.1. The summed E-state index contributed by atoms with van der Waals surface area (Å²) in [7, 11) is 1.63. The molecule has 2 N–H and O–H groups in total. The summed E-state index contributed by atoms with van der Waals surface area (Å²) in [6, 6.07) is 7.42. The lowest BCUT2D eigenvalue weighted by molar-refractivity contribution is 0.420. The minimum atomic E-state index is -0.0891. The summed E-state index contributed by atoms with van der Waals surface area (Å²) >= 11 is 0. The van der Waals surface area contributed by atoms with Crippen LogP contribution in [0.15, 0.2) is 29.1 Å². The predicted molar refractivity (Wildman–Crippen MR) is 92.0 cm³/mol. The fraction of sp³-hybridized carbons (Fsp3) is 0.375. The lowest BCUT2D eigenvalue weighted by Crippen LogP contribution is -2.28. The Labute approximate surface area is 139 Å². The molecule has 6 nitrogen and oxygen atoms in total. The molecule has 3 heterocycles. The lowest BCUT2D eigenvalue weighted by atomic mass is 9.94. The van der Waals surface area contributed by atoms with Crippen LogP contribution in [0.4, 0.5) is 0 Å². The summed E-state index contributed by atoms with van der Waals surface area (Å²) in [5, 5.41) is 8.90. The van der Waals surface area contributed by atoms with E-state index in [1.54, 1.807) is 13.2 Å². The normalized spacial score (nSPS) is 15.7. The second-order valence-corrected chi connectivity index (χ2v) is 5.70. The van der Waals surface area contributed by atoms with Gasteiger partial charge in [0.15, 0.2) is 0 Å². The number of piperidine rings is 1. The first kappa shape index (κ1) is 15.8. The summed E-state index contributed by atoms with van der Waals surface area (Å²) in [5.74, 6) is 1.08. The monoisotopic (exact) mass is 334 g/mol. The quantitative estimate of drug-likeness (QED) is 0.752. The molecule has 0 atom stereocenters. The summed E-state index contributed by atoms with van der Waals surface area (Å²) in [6.07, 6.45) is 2.04. The van der Waals surface area contributed by atoms with Crippen molar-refractivity contribution >= 4 is 29.0 Å². The maximum Gasteiger partial charge on any atom is 0.251 e. The van der Waals surface area contributed by atoms with Crippen LogP contribution >= 0.6 is 12.4 Å². The Morgan fingerprint density at radius 1 is 1.30 bits per heavy atom. The Kier molecular flexibility index (Phi) is 4.28. The van der Waals surface area contributed by atoms with E-state index >= 15 is 0 Å². The van der Waals surface area contributed by atoms with Gasteiger partial charge in [-0.25, -0.2) is 4.52 Å². The fourth-order valence-electron chi connectivity index (χ4n) is 3.33. The molecule has 122 valence electrons. The number of hydrogen-bond donors (Lipinski definition) is 2. The van der Waals surface area contributed by atoms with E-state index in [1.807, 2.05) is 22.7 Å². The topological polar surface area (TPSA) is 71.4 Å². The molecule has 1 aliphatic heterocycles. The van der Waals surface area contributed by atoms with Crippen LogP contribution < -0.4 is 15.6 Å². The zero-order valence-electron chi connectivity index (χ0n) is 12.8. The van der Waals surface area contributed by atoms with Crippen molar-refractivity contribution in [2.45, 2.75) is 18.8 Å². The highest BCUT2D eigenvalue weighted by Crippen LogP contribution is 2.31. The van der Waals surface area contributed by atoms with Crippen molar-refractivity contribution in [1.82, 2.24) is 19.9 Å². The minimum absolute atomic E-state index is 0. The molecule has 0 aliphatic carbocycles. The van der Waals surface area contributed by atoms with Gasteiger partial charge in [0.25, 0.3) is 5.56 Å². The predicted octanol–water partition coefficient (Wildman–Crippen LogP) is 2.07. The number of rotatable bonds is 2. The molecule has 0 bridgehead atoms. The van der Waals surface area contributed by atoms with E-state index < -0.39 is 0 Å². The third-order valence-corrected chi connectivity index (χ3v) is 4.40. The van der Waals surface area contributed by atoms with Gasteiger partial charge in [0.2, 0.25) is 0 Å². The number of halogens is 1. The molecule has 1 saturated heterocycles. The average molecular weight is 335 g/mol. The second kappa shape index (κ2) is 6.22. The van der Waals surface area contributed by atoms with Gasteiger partial charge in [0.05, 0.1) is 23.7 Å². The van der Waals surface area contributed by atoms with Crippen LogP contribution in [-0.4, -0.2) is 34.8 Å². The Balaban J connectivity index is 0.00000156. The van der Waals surface area contributed by atoms with Crippen LogP contribution in [0, 0.1) is 0 Å². The Bertz CT molecular complexity index is 896. The number of fused-ring (bicyclic) bond motifs is 3. The van der Waals surface area contributed by atoms with Crippen molar-refractivity contribution in [3.8, 4) is 5.75 Å². The van der Waals surface area contributed by atoms with Gasteiger partial charge in [-0.2, -0.15) is 5.10 Å². The standard InChI is InChI=1S/C16H18N4O2.ClH/c1-22-13-4-2-3-11-15(13)16-18-14(21)9-12(20(16)19-11)10-5-7-17-8-6-10;/h2-4,9-10,17H,5-8H2,1H3,(H,18,21);1H. The van der Waals surface area contributed by atoms with Gasteiger partial charge in [-0.1, -0.05) is 6.07 Å². The molecule has 0 spiro atoms. The number of aromatic amines is 1. The van der Waals surface area contributed by atoms with Crippen molar-refractivity contribution in [3.63, 3.8) is 0 Å². The molecule has 0 unspecified atom stereocenters. The van der Waals surface area contributed by atoms with E-state index in [4.69, 9.17) is 4.74 Å². The lowest BCUT2D eigenvalue weighted by Gasteiger charge is -2.23. The molecule has 23 heavy (non-hydrogen) atoms.